The molecule has 0 bridgehead atoms. The van der Waals surface area contributed by atoms with Crippen molar-refractivity contribution in [1.29, 1.82) is 0 Å². The largest absolute Gasteiger partial charge is 0.387 e. The van der Waals surface area contributed by atoms with Gasteiger partial charge in [0.25, 0.3) is 0 Å². The van der Waals surface area contributed by atoms with Gasteiger partial charge in [0.05, 0.1) is 16.1 Å². The molecule has 0 aliphatic heterocycles. The second-order valence-corrected chi connectivity index (χ2v) is 5.76. The van der Waals surface area contributed by atoms with Crippen LogP contribution in [0.1, 0.15) is 38.9 Å². The molecule has 3 heteroatoms. The molecule has 1 aromatic carbocycles. The van der Waals surface area contributed by atoms with Gasteiger partial charge in [0, 0.05) is 11.8 Å². The lowest BCUT2D eigenvalue weighted by Crippen LogP contribution is -2.01. The predicted molar refractivity (Wildman–Crippen MR) is 73.3 cm³/mol. The third kappa shape index (κ3) is 5.00. The van der Waals surface area contributed by atoms with Crippen LogP contribution in [-0.4, -0.2) is 5.11 Å². The molecule has 0 aliphatic rings. The maximum absolute atomic E-state index is 9.93. The quantitative estimate of drug-likeness (QED) is 0.787. The summed E-state index contributed by atoms with van der Waals surface area (Å²) in [5.74, 6) is 6.06. The highest BCUT2D eigenvalue weighted by Crippen LogP contribution is 2.26. The first-order chi connectivity index (χ1) is 7.79. The summed E-state index contributed by atoms with van der Waals surface area (Å²) in [6.07, 6.45) is -0.227. The van der Waals surface area contributed by atoms with Gasteiger partial charge in [0.1, 0.15) is 0 Å². The average Bonchev–Trinajstić information content (AvgIpc) is 2.20. The molecule has 0 fully saturated rings. The molecule has 1 unspecified atom stereocenters. The number of aliphatic hydroxyl groups excluding tert-OH is 1. The van der Waals surface area contributed by atoms with Crippen molar-refractivity contribution in [3.8, 4) is 11.8 Å². The summed E-state index contributed by atoms with van der Waals surface area (Å²) < 4.78 is 0. The Hall–Kier alpha value is -0.680. The Morgan fingerprint density at radius 3 is 2.41 bits per heavy atom. The molecule has 0 heterocycles. The van der Waals surface area contributed by atoms with E-state index in [1.54, 1.807) is 18.2 Å². The van der Waals surface area contributed by atoms with E-state index in [-0.39, 0.29) is 5.41 Å². The molecule has 1 N–H and O–H groups in total. The van der Waals surface area contributed by atoms with Gasteiger partial charge in [0.2, 0.25) is 0 Å². The van der Waals surface area contributed by atoms with E-state index in [0.717, 1.165) is 5.56 Å². The fraction of sp³-hybridized carbons (Fsp3) is 0.429. The summed E-state index contributed by atoms with van der Waals surface area (Å²) in [6, 6.07) is 5.12. The Morgan fingerprint density at radius 1 is 1.24 bits per heavy atom. The highest BCUT2D eigenvalue weighted by molar-refractivity contribution is 6.42. The van der Waals surface area contributed by atoms with E-state index in [9.17, 15) is 5.11 Å². The van der Waals surface area contributed by atoms with Crippen molar-refractivity contribution in [3.05, 3.63) is 33.8 Å². The van der Waals surface area contributed by atoms with Crippen LogP contribution in [0.15, 0.2) is 18.2 Å². The van der Waals surface area contributed by atoms with E-state index in [4.69, 9.17) is 23.2 Å². The number of halogens is 2. The van der Waals surface area contributed by atoms with Gasteiger partial charge in [-0.1, -0.05) is 41.1 Å². The molecule has 92 valence electrons. The van der Waals surface area contributed by atoms with Gasteiger partial charge in [-0.25, -0.2) is 0 Å². The maximum Gasteiger partial charge on any atom is 0.0899 e. The van der Waals surface area contributed by atoms with E-state index < -0.39 is 6.10 Å². The summed E-state index contributed by atoms with van der Waals surface area (Å²) in [5.41, 5.74) is 0.694. The molecule has 0 spiro atoms. The number of rotatable bonds is 2. The normalized spacial score (nSPS) is 12.8. The minimum absolute atomic E-state index is 0.0443. The molecule has 0 saturated heterocycles. The van der Waals surface area contributed by atoms with Crippen LogP contribution in [0.5, 0.6) is 0 Å². The summed E-state index contributed by atoms with van der Waals surface area (Å²) in [7, 11) is 0. The zero-order valence-electron chi connectivity index (χ0n) is 10.2. The van der Waals surface area contributed by atoms with Crippen molar-refractivity contribution < 1.29 is 5.11 Å². The van der Waals surface area contributed by atoms with Crippen LogP contribution in [0, 0.1) is 17.3 Å². The Morgan fingerprint density at radius 2 is 1.88 bits per heavy atom. The molecule has 1 nitrogen and oxygen atoms in total. The van der Waals surface area contributed by atoms with E-state index >= 15 is 0 Å². The van der Waals surface area contributed by atoms with Gasteiger partial charge < -0.3 is 5.11 Å². The van der Waals surface area contributed by atoms with Crippen molar-refractivity contribution in [2.75, 3.05) is 0 Å². The first-order valence-corrected chi connectivity index (χ1v) is 6.18. The molecule has 17 heavy (non-hydrogen) atoms. The van der Waals surface area contributed by atoms with Gasteiger partial charge in [0.15, 0.2) is 0 Å². The van der Waals surface area contributed by atoms with Gasteiger partial charge in [-0.15, -0.1) is 0 Å². The second kappa shape index (κ2) is 5.78. The van der Waals surface area contributed by atoms with Crippen LogP contribution in [0.25, 0.3) is 0 Å². The van der Waals surface area contributed by atoms with Crippen LogP contribution < -0.4 is 0 Å². The lowest BCUT2D eigenvalue weighted by molar-refractivity contribution is 0.184. The first-order valence-electron chi connectivity index (χ1n) is 5.42. The van der Waals surface area contributed by atoms with Gasteiger partial charge >= 0.3 is 0 Å². The van der Waals surface area contributed by atoms with Crippen molar-refractivity contribution in [1.82, 2.24) is 0 Å². The Kier molecular flexibility index (Phi) is 4.89. The first kappa shape index (κ1) is 14.4. The molecule has 0 amide bonds. The SMILES string of the molecule is CC(C)(C)C#CCC(O)c1ccc(Cl)c(Cl)c1. The van der Waals surface area contributed by atoms with E-state index in [0.29, 0.717) is 16.5 Å². The molecule has 0 aromatic heterocycles. The Labute approximate surface area is 113 Å². The second-order valence-electron chi connectivity index (χ2n) is 4.95. The predicted octanol–water partition coefficient (Wildman–Crippen LogP) is 4.47. The van der Waals surface area contributed by atoms with Crippen molar-refractivity contribution in [2.45, 2.75) is 33.3 Å². The zero-order valence-corrected chi connectivity index (χ0v) is 11.7. The lowest BCUT2D eigenvalue weighted by atomic mass is 9.97. The number of hydrogen-bond donors (Lipinski definition) is 1. The smallest absolute Gasteiger partial charge is 0.0899 e. The monoisotopic (exact) mass is 270 g/mol. The number of aliphatic hydroxyl groups is 1. The average molecular weight is 271 g/mol. The van der Waals surface area contributed by atoms with Crippen molar-refractivity contribution in [2.24, 2.45) is 5.41 Å². The molecule has 0 aliphatic carbocycles. The molecular weight excluding hydrogens is 255 g/mol. The van der Waals surface area contributed by atoms with Crippen LogP contribution in [0.4, 0.5) is 0 Å². The third-order valence-corrected chi connectivity index (χ3v) is 2.83. The summed E-state index contributed by atoms with van der Waals surface area (Å²) >= 11 is 11.7. The van der Waals surface area contributed by atoms with E-state index in [1.165, 1.54) is 0 Å². The topological polar surface area (TPSA) is 20.2 Å². The third-order valence-electron chi connectivity index (χ3n) is 2.09. The van der Waals surface area contributed by atoms with Crippen molar-refractivity contribution >= 4 is 23.2 Å². The zero-order chi connectivity index (χ0) is 13.1. The maximum atomic E-state index is 9.93. The van der Waals surface area contributed by atoms with Crippen LogP contribution in [-0.2, 0) is 0 Å². The highest BCUT2D eigenvalue weighted by Gasteiger charge is 2.09. The lowest BCUT2D eigenvalue weighted by Gasteiger charge is -2.10. The minimum Gasteiger partial charge on any atom is -0.387 e. The Balaban J connectivity index is 2.73. The molecule has 1 aromatic rings. The minimum atomic E-state index is -0.625. The number of hydrogen-bond acceptors (Lipinski definition) is 1. The summed E-state index contributed by atoms with van der Waals surface area (Å²) in [4.78, 5) is 0. The van der Waals surface area contributed by atoms with Crippen LogP contribution in [0.3, 0.4) is 0 Å². The van der Waals surface area contributed by atoms with Crippen molar-refractivity contribution in [3.63, 3.8) is 0 Å². The standard InChI is InChI=1S/C14H16Cl2O/c1-14(2,3)8-4-5-13(17)10-6-7-11(15)12(16)9-10/h6-7,9,13,17H,5H2,1-3H3. The summed E-state index contributed by atoms with van der Waals surface area (Å²) in [5, 5.41) is 10.9. The van der Waals surface area contributed by atoms with Crippen LogP contribution in [0.2, 0.25) is 10.0 Å². The van der Waals surface area contributed by atoms with E-state index in [2.05, 4.69) is 11.8 Å². The summed E-state index contributed by atoms with van der Waals surface area (Å²) in [6.45, 7) is 6.10. The molecule has 1 rings (SSSR count). The molecule has 1 atom stereocenters. The molecular formula is C14H16Cl2O. The molecule has 0 radical (unpaired) electrons. The van der Waals surface area contributed by atoms with Crippen LogP contribution >= 0.6 is 23.2 Å². The fourth-order valence-corrected chi connectivity index (χ4v) is 1.56. The number of benzene rings is 1. The Bertz CT molecular complexity index is 450. The van der Waals surface area contributed by atoms with Gasteiger partial charge in [-0.2, -0.15) is 0 Å². The fourth-order valence-electron chi connectivity index (χ4n) is 1.25. The van der Waals surface area contributed by atoms with Gasteiger partial charge in [-0.3, -0.25) is 0 Å². The van der Waals surface area contributed by atoms with E-state index in [1.807, 2.05) is 20.8 Å². The van der Waals surface area contributed by atoms with Gasteiger partial charge in [-0.05, 0) is 38.5 Å². The highest BCUT2D eigenvalue weighted by atomic mass is 35.5. The molecule has 0 saturated carbocycles.